The van der Waals surface area contributed by atoms with Crippen molar-refractivity contribution in [1.82, 2.24) is 4.90 Å². The van der Waals surface area contributed by atoms with Crippen molar-refractivity contribution < 1.29 is 13.5 Å². The molecule has 0 radical (unpaired) electrons. The smallest absolute Gasteiger partial charge is 0.229 e. The van der Waals surface area contributed by atoms with Gasteiger partial charge in [-0.05, 0) is 30.5 Å². The Labute approximate surface area is 114 Å². The van der Waals surface area contributed by atoms with E-state index in [0.29, 0.717) is 5.69 Å². The van der Waals surface area contributed by atoms with Crippen LogP contribution in [0, 0.1) is 0 Å². The zero-order valence-corrected chi connectivity index (χ0v) is 11.9. The van der Waals surface area contributed by atoms with Gasteiger partial charge in [0.1, 0.15) is 0 Å². The maximum Gasteiger partial charge on any atom is 0.229 e. The van der Waals surface area contributed by atoms with Crippen LogP contribution in [0.25, 0.3) is 0 Å². The third-order valence-corrected chi connectivity index (χ3v) is 3.83. The molecule has 1 aromatic rings. The van der Waals surface area contributed by atoms with E-state index in [1.54, 1.807) is 12.1 Å². The summed E-state index contributed by atoms with van der Waals surface area (Å²) in [6, 6.07) is 7.41. The van der Waals surface area contributed by atoms with Crippen LogP contribution < -0.4 is 4.72 Å². The first-order valence-electron chi connectivity index (χ1n) is 6.39. The van der Waals surface area contributed by atoms with Gasteiger partial charge in [-0.2, -0.15) is 0 Å². The van der Waals surface area contributed by atoms with Gasteiger partial charge in [0.2, 0.25) is 10.0 Å². The van der Waals surface area contributed by atoms with Crippen molar-refractivity contribution >= 4 is 15.7 Å². The van der Waals surface area contributed by atoms with Gasteiger partial charge in [-0.1, -0.05) is 12.1 Å². The van der Waals surface area contributed by atoms with Crippen LogP contribution in [0.5, 0.6) is 0 Å². The highest BCUT2D eigenvalue weighted by Gasteiger charge is 2.19. The molecule has 1 aliphatic heterocycles. The normalized spacial score (nSPS) is 20.6. The van der Waals surface area contributed by atoms with Gasteiger partial charge in [-0.25, -0.2) is 8.42 Å². The Kier molecular flexibility index (Phi) is 4.44. The van der Waals surface area contributed by atoms with Crippen LogP contribution in [0.2, 0.25) is 0 Å². The summed E-state index contributed by atoms with van der Waals surface area (Å²) in [7, 11) is -3.21. The lowest BCUT2D eigenvalue weighted by Crippen LogP contribution is -2.24. The Balaban J connectivity index is 1.85. The molecule has 6 heteroatoms. The molecule has 0 bridgehead atoms. The summed E-state index contributed by atoms with van der Waals surface area (Å²) in [5, 5.41) is 9.43. The predicted octanol–water partition coefficient (Wildman–Crippen LogP) is 0.667. The fourth-order valence-corrected chi connectivity index (χ4v) is 2.82. The number of hydrogen-bond donors (Lipinski definition) is 2. The highest BCUT2D eigenvalue weighted by molar-refractivity contribution is 7.92. The van der Waals surface area contributed by atoms with Crippen LogP contribution in [0.15, 0.2) is 24.3 Å². The number of benzene rings is 1. The van der Waals surface area contributed by atoms with Crippen LogP contribution in [-0.4, -0.2) is 50.4 Å². The minimum Gasteiger partial charge on any atom is -0.392 e. The number of rotatable bonds is 5. The number of aliphatic hydroxyl groups is 1. The highest BCUT2D eigenvalue weighted by atomic mass is 32.2. The minimum atomic E-state index is -3.21. The van der Waals surface area contributed by atoms with Gasteiger partial charge in [0.05, 0.1) is 12.4 Å². The van der Waals surface area contributed by atoms with Gasteiger partial charge < -0.3 is 10.0 Å². The van der Waals surface area contributed by atoms with E-state index < -0.39 is 10.0 Å². The number of nitrogens with one attached hydrogen (secondary N) is 1. The lowest BCUT2D eigenvalue weighted by Gasteiger charge is -2.14. The Hall–Kier alpha value is -1.11. The maximum absolute atomic E-state index is 11.1. The molecule has 1 aromatic carbocycles. The zero-order valence-electron chi connectivity index (χ0n) is 11.0. The topological polar surface area (TPSA) is 69.6 Å². The van der Waals surface area contributed by atoms with E-state index >= 15 is 0 Å². The minimum absolute atomic E-state index is 0.179. The molecule has 1 fully saturated rings. The number of sulfonamides is 1. The molecule has 1 atom stereocenters. The van der Waals surface area contributed by atoms with Crippen LogP contribution in [-0.2, 0) is 16.4 Å². The number of nitrogens with zero attached hydrogens (tertiary/aromatic N) is 1. The average molecular weight is 284 g/mol. The van der Waals surface area contributed by atoms with Crippen molar-refractivity contribution in [3.05, 3.63) is 29.8 Å². The fraction of sp³-hybridized carbons (Fsp3) is 0.538. The molecule has 0 spiro atoms. The van der Waals surface area contributed by atoms with E-state index in [0.717, 1.165) is 38.7 Å². The molecule has 1 saturated heterocycles. The van der Waals surface area contributed by atoms with Crippen molar-refractivity contribution in [2.75, 3.05) is 30.6 Å². The van der Waals surface area contributed by atoms with E-state index in [-0.39, 0.29) is 6.10 Å². The second kappa shape index (κ2) is 5.90. The molecular weight excluding hydrogens is 264 g/mol. The Bertz CT molecular complexity index is 513. The SMILES string of the molecule is CS(=O)(=O)Nc1ccc(CCN2CC[C@H](O)C2)cc1. The highest BCUT2D eigenvalue weighted by Crippen LogP contribution is 2.13. The van der Waals surface area contributed by atoms with Crippen molar-refractivity contribution in [3.8, 4) is 0 Å². The summed E-state index contributed by atoms with van der Waals surface area (Å²) >= 11 is 0. The Morgan fingerprint density at radius 3 is 2.58 bits per heavy atom. The molecule has 19 heavy (non-hydrogen) atoms. The van der Waals surface area contributed by atoms with E-state index in [1.807, 2.05) is 12.1 Å². The van der Waals surface area contributed by atoms with Crippen LogP contribution in [0.3, 0.4) is 0 Å². The molecule has 1 aliphatic rings. The Morgan fingerprint density at radius 1 is 1.37 bits per heavy atom. The number of aliphatic hydroxyl groups excluding tert-OH is 1. The first-order valence-corrected chi connectivity index (χ1v) is 8.29. The number of β-amino-alcohol motifs (C(OH)–C–C–N with tert-alkyl or cyclic N) is 1. The van der Waals surface area contributed by atoms with Crippen LogP contribution in [0.1, 0.15) is 12.0 Å². The summed E-state index contributed by atoms with van der Waals surface area (Å²) in [4.78, 5) is 2.24. The zero-order chi connectivity index (χ0) is 13.9. The van der Waals surface area contributed by atoms with Crippen molar-refractivity contribution in [2.45, 2.75) is 18.9 Å². The first kappa shape index (κ1) is 14.3. The largest absolute Gasteiger partial charge is 0.392 e. The number of anilines is 1. The van der Waals surface area contributed by atoms with Crippen LogP contribution in [0.4, 0.5) is 5.69 Å². The standard InChI is InChI=1S/C13H20N2O3S/c1-19(17,18)14-12-4-2-11(3-5-12)6-8-15-9-7-13(16)10-15/h2-5,13-14,16H,6-10H2,1H3/t13-/m0/s1. The maximum atomic E-state index is 11.1. The molecule has 2 N–H and O–H groups in total. The Morgan fingerprint density at radius 2 is 2.05 bits per heavy atom. The molecule has 1 heterocycles. The number of likely N-dealkylation sites (tertiary alicyclic amines) is 1. The molecule has 0 aliphatic carbocycles. The summed E-state index contributed by atoms with van der Waals surface area (Å²) in [5.41, 5.74) is 1.75. The van der Waals surface area contributed by atoms with Crippen molar-refractivity contribution in [2.24, 2.45) is 0 Å². The molecule has 0 aromatic heterocycles. The molecule has 5 nitrogen and oxygen atoms in total. The average Bonchev–Trinajstić information content (AvgIpc) is 2.72. The molecule has 2 rings (SSSR count). The lowest BCUT2D eigenvalue weighted by atomic mass is 10.1. The van der Waals surface area contributed by atoms with Gasteiger partial charge in [-0.3, -0.25) is 4.72 Å². The number of hydrogen-bond acceptors (Lipinski definition) is 4. The lowest BCUT2D eigenvalue weighted by molar-refractivity contribution is 0.177. The van der Waals surface area contributed by atoms with E-state index in [2.05, 4.69) is 9.62 Å². The third-order valence-electron chi connectivity index (χ3n) is 3.22. The van der Waals surface area contributed by atoms with Gasteiger partial charge in [-0.15, -0.1) is 0 Å². The van der Waals surface area contributed by atoms with Gasteiger partial charge in [0, 0.05) is 25.3 Å². The molecule has 0 unspecified atom stereocenters. The quantitative estimate of drug-likeness (QED) is 0.834. The summed E-state index contributed by atoms with van der Waals surface area (Å²) < 4.78 is 24.6. The monoisotopic (exact) mass is 284 g/mol. The fourth-order valence-electron chi connectivity index (χ4n) is 2.26. The first-order chi connectivity index (χ1) is 8.92. The van der Waals surface area contributed by atoms with Crippen molar-refractivity contribution in [3.63, 3.8) is 0 Å². The molecule has 0 saturated carbocycles. The van der Waals surface area contributed by atoms with E-state index in [1.165, 1.54) is 5.56 Å². The molecular formula is C13H20N2O3S. The molecule has 106 valence electrons. The van der Waals surface area contributed by atoms with E-state index in [4.69, 9.17) is 0 Å². The second-order valence-electron chi connectivity index (χ2n) is 5.06. The van der Waals surface area contributed by atoms with Gasteiger partial charge >= 0.3 is 0 Å². The summed E-state index contributed by atoms with van der Waals surface area (Å²) in [6.45, 7) is 2.64. The summed E-state index contributed by atoms with van der Waals surface area (Å²) in [6.07, 6.45) is 2.73. The van der Waals surface area contributed by atoms with Crippen LogP contribution >= 0.6 is 0 Å². The van der Waals surface area contributed by atoms with E-state index in [9.17, 15) is 13.5 Å². The third kappa shape index (κ3) is 4.81. The van der Waals surface area contributed by atoms with Gasteiger partial charge in [0.15, 0.2) is 0 Å². The predicted molar refractivity (Wildman–Crippen MR) is 75.7 cm³/mol. The van der Waals surface area contributed by atoms with Gasteiger partial charge in [0.25, 0.3) is 0 Å². The summed E-state index contributed by atoms with van der Waals surface area (Å²) in [5.74, 6) is 0. The van der Waals surface area contributed by atoms with Crippen molar-refractivity contribution in [1.29, 1.82) is 0 Å². The molecule has 0 amide bonds. The second-order valence-corrected chi connectivity index (χ2v) is 6.81.